The zero-order valence-electron chi connectivity index (χ0n) is 10.1. The predicted octanol–water partition coefficient (Wildman–Crippen LogP) is 3.88. The highest BCUT2D eigenvalue weighted by atomic mass is 15.2. The Kier molecular flexibility index (Phi) is 2.60. The van der Waals surface area contributed by atoms with E-state index in [4.69, 9.17) is 0 Å². The van der Waals surface area contributed by atoms with Crippen molar-refractivity contribution in [1.82, 2.24) is 0 Å². The zero-order chi connectivity index (χ0) is 11.7. The van der Waals surface area contributed by atoms with Crippen LogP contribution in [-0.4, -0.2) is 6.54 Å². The summed E-state index contributed by atoms with van der Waals surface area (Å²) in [5.74, 6) is 0.734. The van der Waals surface area contributed by atoms with Crippen molar-refractivity contribution in [3.8, 4) is 0 Å². The minimum atomic E-state index is 0.540. The van der Waals surface area contributed by atoms with Crippen LogP contribution in [0.1, 0.15) is 18.5 Å². The molecule has 0 saturated carbocycles. The van der Waals surface area contributed by atoms with Gasteiger partial charge in [-0.2, -0.15) is 0 Å². The fraction of sp³-hybridized carbons (Fsp3) is 0.250. The monoisotopic (exact) mass is 223 g/mol. The number of hydrogen-bond acceptors (Lipinski definition) is 1. The van der Waals surface area contributed by atoms with E-state index in [9.17, 15) is 0 Å². The van der Waals surface area contributed by atoms with Crippen molar-refractivity contribution in [2.75, 3.05) is 11.4 Å². The number of benzene rings is 2. The minimum absolute atomic E-state index is 0.540. The van der Waals surface area contributed by atoms with Crippen LogP contribution in [0.3, 0.4) is 0 Å². The molecule has 2 aromatic carbocycles. The van der Waals surface area contributed by atoms with Gasteiger partial charge < -0.3 is 4.90 Å². The molecule has 0 aromatic heterocycles. The summed E-state index contributed by atoms with van der Waals surface area (Å²) in [5, 5.41) is 0. The Morgan fingerprint density at radius 1 is 0.882 bits per heavy atom. The predicted molar refractivity (Wildman–Crippen MR) is 72.1 cm³/mol. The molecule has 17 heavy (non-hydrogen) atoms. The molecule has 86 valence electrons. The molecule has 0 amide bonds. The van der Waals surface area contributed by atoms with Crippen LogP contribution in [-0.2, 0) is 0 Å². The van der Waals surface area contributed by atoms with Gasteiger partial charge in [-0.25, -0.2) is 0 Å². The molecule has 0 bridgehead atoms. The Morgan fingerprint density at radius 3 is 2.06 bits per heavy atom. The van der Waals surface area contributed by atoms with E-state index in [0.29, 0.717) is 6.04 Å². The first-order valence-corrected chi connectivity index (χ1v) is 6.23. The number of anilines is 1. The lowest BCUT2D eigenvalue weighted by Crippen LogP contribution is -2.48. The Bertz CT molecular complexity index is 477. The molecule has 1 saturated heterocycles. The molecule has 1 aliphatic rings. The third kappa shape index (κ3) is 1.82. The van der Waals surface area contributed by atoms with Gasteiger partial charge >= 0.3 is 0 Å². The average Bonchev–Trinajstić information content (AvgIpc) is 2.38. The smallest absolute Gasteiger partial charge is 0.0584 e. The summed E-state index contributed by atoms with van der Waals surface area (Å²) in [6, 6.07) is 22.0. The van der Waals surface area contributed by atoms with Crippen LogP contribution in [0.5, 0.6) is 0 Å². The Hall–Kier alpha value is -1.76. The summed E-state index contributed by atoms with van der Waals surface area (Å²) >= 11 is 0. The van der Waals surface area contributed by atoms with Crippen molar-refractivity contribution in [2.45, 2.75) is 13.0 Å². The maximum Gasteiger partial charge on any atom is 0.0584 e. The van der Waals surface area contributed by atoms with Crippen molar-refractivity contribution in [2.24, 2.45) is 5.92 Å². The second-order valence-corrected chi connectivity index (χ2v) is 4.82. The first-order valence-electron chi connectivity index (χ1n) is 6.23. The molecule has 0 spiro atoms. The molecule has 1 aliphatic heterocycles. The van der Waals surface area contributed by atoms with Crippen molar-refractivity contribution < 1.29 is 0 Å². The van der Waals surface area contributed by atoms with E-state index >= 15 is 0 Å². The van der Waals surface area contributed by atoms with Crippen LogP contribution in [0.25, 0.3) is 0 Å². The van der Waals surface area contributed by atoms with Crippen LogP contribution in [0.4, 0.5) is 5.69 Å². The lowest BCUT2D eigenvalue weighted by molar-refractivity contribution is 0.325. The minimum Gasteiger partial charge on any atom is -0.364 e. The van der Waals surface area contributed by atoms with Crippen molar-refractivity contribution in [3.05, 3.63) is 66.2 Å². The largest absolute Gasteiger partial charge is 0.364 e. The van der Waals surface area contributed by atoms with Gasteiger partial charge in [0.25, 0.3) is 0 Å². The standard InChI is InChI=1S/C16H17N/c1-13-12-17(15-10-6-3-7-11-15)16(13)14-8-4-2-5-9-14/h2-11,13,16H,12H2,1H3. The zero-order valence-corrected chi connectivity index (χ0v) is 10.1. The third-order valence-corrected chi connectivity index (χ3v) is 3.59. The highest BCUT2D eigenvalue weighted by Crippen LogP contribution is 2.41. The van der Waals surface area contributed by atoms with Crippen molar-refractivity contribution in [3.63, 3.8) is 0 Å². The first kappa shape index (κ1) is 10.4. The van der Waals surface area contributed by atoms with Crippen molar-refractivity contribution in [1.29, 1.82) is 0 Å². The second kappa shape index (κ2) is 4.25. The SMILES string of the molecule is CC1CN(c2ccccc2)C1c1ccccc1. The van der Waals surface area contributed by atoms with E-state index in [1.807, 2.05) is 0 Å². The van der Waals surface area contributed by atoms with Crippen LogP contribution in [0.2, 0.25) is 0 Å². The number of rotatable bonds is 2. The van der Waals surface area contributed by atoms with Gasteiger partial charge in [0.15, 0.2) is 0 Å². The molecule has 1 nitrogen and oxygen atoms in total. The lowest BCUT2D eigenvalue weighted by atomic mass is 9.84. The van der Waals surface area contributed by atoms with E-state index in [-0.39, 0.29) is 0 Å². The maximum absolute atomic E-state index is 2.49. The fourth-order valence-corrected chi connectivity index (χ4v) is 2.74. The van der Waals surface area contributed by atoms with E-state index in [1.54, 1.807) is 0 Å². The summed E-state index contributed by atoms with van der Waals surface area (Å²) in [5.41, 5.74) is 2.76. The molecular formula is C16H17N. The average molecular weight is 223 g/mol. The number of hydrogen-bond donors (Lipinski definition) is 0. The molecule has 2 atom stereocenters. The molecule has 0 aliphatic carbocycles. The van der Waals surface area contributed by atoms with Gasteiger partial charge in [-0.1, -0.05) is 55.5 Å². The molecule has 1 heterocycles. The number of nitrogens with zero attached hydrogens (tertiary/aromatic N) is 1. The molecule has 3 rings (SSSR count). The van der Waals surface area contributed by atoms with Gasteiger partial charge in [0.1, 0.15) is 0 Å². The topological polar surface area (TPSA) is 3.24 Å². The van der Waals surface area contributed by atoms with Crippen LogP contribution in [0.15, 0.2) is 60.7 Å². The van der Waals surface area contributed by atoms with Gasteiger partial charge in [-0.15, -0.1) is 0 Å². The summed E-state index contributed by atoms with van der Waals surface area (Å²) in [6.45, 7) is 3.49. The molecule has 1 fully saturated rings. The molecule has 0 radical (unpaired) electrons. The molecule has 2 aromatic rings. The molecule has 2 unspecified atom stereocenters. The second-order valence-electron chi connectivity index (χ2n) is 4.82. The van der Waals surface area contributed by atoms with Gasteiger partial charge in [0.2, 0.25) is 0 Å². The van der Waals surface area contributed by atoms with E-state index in [1.165, 1.54) is 11.3 Å². The summed E-state index contributed by atoms with van der Waals surface area (Å²) < 4.78 is 0. The van der Waals surface area contributed by atoms with Crippen LogP contribution in [0, 0.1) is 5.92 Å². The summed E-state index contributed by atoms with van der Waals surface area (Å²) in [6.07, 6.45) is 0. The highest BCUT2D eigenvalue weighted by molar-refractivity contribution is 5.52. The van der Waals surface area contributed by atoms with Gasteiger partial charge in [-0.05, 0) is 23.6 Å². The van der Waals surface area contributed by atoms with E-state index in [0.717, 1.165) is 12.5 Å². The van der Waals surface area contributed by atoms with Gasteiger partial charge in [0, 0.05) is 12.2 Å². The normalized spacial score (nSPS) is 23.2. The first-order chi connectivity index (χ1) is 8.36. The Balaban J connectivity index is 1.89. The highest BCUT2D eigenvalue weighted by Gasteiger charge is 2.36. The third-order valence-electron chi connectivity index (χ3n) is 3.59. The van der Waals surface area contributed by atoms with Gasteiger partial charge in [0.05, 0.1) is 6.04 Å². The van der Waals surface area contributed by atoms with Crippen molar-refractivity contribution >= 4 is 5.69 Å². The fourth-order valence-electron chi connectivity index (χ4n) is 2.74. The van der Waals surface area contributed by atoms with Gasteiger partial charge in [-0.3, -0.25) is 0 Å². The van der Waals surface area contributed by atoms with Crippen LogP contribution < -0.4 is 4.90 Å². The lowest BCUT2D eigenvalue weighted by Gasteiger charge is -2.48. The van der Waals surface area contributed by atoms with E-state index < -0.39 is 0 Å². The summed E-state index contributed by atoms with van der Waals surface area (Å²) in [7, 11) is 0. The summed E-state index contributed by atoms with van der Waals surface area (Å²) in [4.78, 5) is 2.49. The Morgan fingerprint density at radius 2 is 1.47 bits per heavy atom. The molecule has 1 heteroatoms. The van der Waals surface area contributed by atoms with Crippen LogP contribution >= 0.6 is 0 Å². The van der Waals surface area contributed by atoms with E-state index in [2.05, 4.69) is 72.5 Å². The number of para-hydroxylation sites is 1. The maximum atomic E-state index is 2.49. The molecular weight excluding hydrogens is 206 g/mol. The Labute approximate surface area is 103 Å². The quantitative estimate of drug-likeness (QED) is 0.746. The molecule has 0 N–H and O–H groups in total.